The largest absolute Gasteiger partial charge is 0.434 e. The highest BCUT2D eigenvalue weighted by molar-refractivity contribution is 8.13. The molecular weight excluding hydrogens is 340 g/mol. The molecule has 1 amide bonds. The van der Waals surface area contributed by atoms with E-state index in [0.29, 0.717) is 11.3 Å². The predicted molar refractivity (Wildman–Crippen MR) is 77.9 cm³/mol. The maximum absolute atomic E-state index is 12.3. The van der Waals surface area contributed by atoms with E-state index in [1.807, 2.05) is 0 Å². The highest BCUT2D eigenvalue weighted by Crippen LogP contribution is 2.31. The number of rotatable bonds is 5. The standard InChI is InChI=1S/C13H14ClF2NO4S/c1-8-2-3-10(5-11(8)21-13(15)16)17-6-9(4-12(17)18)7-22(14,19)20/h2-3,5,9,13H,4,6-7H2,1H3. The average molecular weight is 354 g/mol. The van der Waals surface area contributed by atoms with Gasteiger partial charge < -0.3 is 9.64 Å². The number of hydrogen-bond donors (Lipinski definition) is 0. The average Bonchev–Trinajstić information content (AvgIpc) is 2.70. The summed E-state index contributed by atoms with van der Waals surface area (Å²) in [5.41, 5.74) is 0.899. The molecule has 1 saturated heterocycles. The predicted octanol–water partition coefficient (Wildman–Crippen LogP) is 2.52. The first-order valence-electron chi connectivity index (χ1n) is 6.44. The van der Waals surface area contributed by atoms with Gasteiger partial charge in [0.15, 0.2) is 0 Å². The van der Waals surface area contributed by atoms with Gasteiger partial charge in [0.05, 0.1) is 5.75 Å². The molecule has 0 N–H and O–H groups in total. The third-order valence-electron chi connectivity index (χ3n) is 3.34. The van der Waals surface area contributed by atoms with Gasteiger partial charge in [-0.1, -0.05) is 6.07 Å². The van der Waals surface area contributed by atoms with Crippen molar-refractivity contribution < 1.29 is 26.7 Å². The molecule has 122 valence electrons. The second kappa shape index (κ2) is 6.37. The molecule has 0 radical (unpaired) electrons. The fraction of sp³-hybridized carbons (Fsp3) is 0.462. The summed E-state index contributed by atoms with van der Waals surface area (Å²) in [5.74, 6) is -1.02. The summed E-state index contributed by atoms with van der Waals surface area (Å²) in [7, 11) is 1.50. The van der Waals surface area contributed by atoms with Gasteiger partial charge in [-0.05, 0) is 18.6 Å². The van der Waals surface area contributed by atoms with Gasteiger partial charge >= 0.3 is 6.61 Å². The molecule has 1 aromatic carbocycles. The van der Waals surface area contributed by atoms with Gasteiger partial charge in [-0.25, -0.2) is 8.42 Å². The SMILES string of the molecule is Cc1ccc(N2CC(CS(=O)(=O)Cl)CC2=O)cc1OC(F)F. The number of halogens is 3. The summed E-state index contributed by atoms with van der Waals surface area (Å²) in [4.78, 5) is 13.3. The Balaban J connectivity index is 2.19. The maximum atomic E-state index is 12.3. The van der Waals surface area contributed by atoms with E-state index in [0.717, 1.165) is 0 Å². The lowest BCUT2D eigenvalue weighted by Crippen LogP contribution is -2.25. The highest BCUT2D eigenvalue weighted by Gasteiger charge is 2.33. The van der Waals surface area contributed by atoms with Gasteiger partial charge in [-0.3, -0.25) is 4.79 Å². The van der Waals surface area contributed by atoms with E-state index in [1.54, 1.807) is 19.1 Å². The Labute approximate surface area is 131 Å². The van der Waals surface area contributed by atoms with Crippen molar-refractivity contribution in [2.75, 3.05) is 17.2 Å². The molecular formula is C13H14ClF2NO4S. The zero-order chi connectivity index (χ0) is 16.5. The first-order valence-corrected chi connectivity index (χ1v) is 8.91. The first-order chi connectivity index (χ1) is 10.2. The molecule has 0 saturated carbocycles. The number of amides is 1. The molecule has 0 bridgehead atoms. The molecule has 2 rings (SSSR count). The Kier molecular flexibility index (Phi) is 4.91. The summed E-state index contributed by atoms with van der Waals surface area (Å²) < 4.78 is 51.3. The third-order valence-corrected chi connectivity index (χ3v) is 4.59. The van der Waals surface area contributed by atoms with E-state index in [-0.39, 0.29) is 30.4 Å². The molecule has 9 heteroatoms. The Morgan fingerprint density at radius 1 is 1.45 bits per heavy atom. The zero-order valence-electron chi connectivity index (χ0n) is 11.6. The van der Waals surface area contributed by atoms with E-state index in [2.05, 4.69) is 4.74 Å². The van der Waals surface area contributed by atoms with E-state index < -0.39 is 21.6 Å². The van der Waals surface area contributed by atoms with Crippen molar-refractivity contribution in [1.29, 1.82) is 0 Å². The molecule has 1 aliphatic heterocycles. The summed E-state index contributed by atoms with van der Waals surface area (Å²) in [6, 6.07) is 4.51. The molecule has 0 aromatic heterocycles. The van der Waals surface area contributed by atoms with Gasteiger partial charge in [0.2, 0.25) is 15.0 Å². The number of alkyl halides is 2. The fourth-order valence-electron chi connectivity index (χ4n) is 2.40. The van der Waals surface area contributed by atoms with Crippen LogP contribution < -0.4 is 9.64 Å². The molecule has 1 aliphatic rings. The minimum atomic E-state index is -3.70. The molecule has 1 atom stereocenters. The van der Waals surface area contributed by atoms with Crippen LogP contribution in [0.4, 0.5) is 14.5 Å². The van der Waals surface area contributed by atoms with Crippen molar-refractivity contribution in [1.82, 2.24) is 0 Å². The second-order valence-electron chi connectivity index (χ2n) is 5.11. The number of carbonyl (C=O) groups excluding carboxylic acids is 1. The van der Waals surface area contributed by atoms with Crippen LogP contribution in [0.3, 0.4) is 0 Å². The maximum Gasteiger partial charge on any atom is 0.387 e. The number of carbonyl (C=O) groups is 1. The minimum Gasteiger partial charge on any atom is -0.434 e. The van der Waals surface area contributed by atoms with Crippen molar-refractivity contribution in [2.45, 2.75) is 20.0 Å². The zero-order valence-corrected chi connectivity index (χ0v) is 13.2. The van der Waals surface area contributed by atoms with E-state index in [9.17, 15) is 22.0 Å². The van der Waals surface area contributed by atoms with E-state index in [4.69, 9.17) is 10.7 Å². The minimum absolute atomic E-state index is 0.0197. The smallest absolute Gasteiger partial charge is 0.387 e. The number of aryl methyl sites for hydroxylation is 1. The molecule has 0 aliphatic carbocycles. The van der Waals surface area contributed by atoms with Crippen LogP contribution in [0.1, 0.15) is 12.0 Å². The molecule has 0 spiro atoms. The fourth-order valence-corrected chi connectivity index (χ4v) is 3.72. The van der Waals surface area contributed by atoms with Crippen molar-refractivity contribution in [2.24, 2.45) is 5.92 Å². The van der Waals surface area contributed by atoms with Crippen molar-refractivity contribution in [3.63, 3.8) is 0 Å². The lowest BCUT2D eigenvalue weighted by atomic mass is 10.1. The third kappa shape index (κ3) is 4.30. The van der Waals surface area contributed by atoms with Crippen LogP contribution >= 0.6 is 10.7 Å². The summed E-state index contributed by atoms with van der Waals surface area (Å²) in [5, 5.41) is 0. The number of hydrogen-bond acceptors (Lipinski definition) is 4. The van der Waals surface area contributed by atoms with Gasteiger partial charge in [0, 0.05) is 41.3 Å². The lowest BCUT2D eigenvalue weighted by molar-refractivity contribution is -0.117. The molecule has 1 fully saturated rings. The van der Waals surface area contributed by atoms with Crippen LogP contribution in [0, 0.1) is 12.8 Å². The number of anilines is 1. The Morgan fingerprint density at radius 2 is 2.14 bits per heavy atom. The van der Waals surface area contributed by atoms with Gasteiger partial charge in [-0.2, -0.15) is 8.78 Å². The van der Waals surface area contributed by atoms with Gasteiger partial charge in [0.1, 0.15) is 5.75 Å². The van der Waals surface area contributed by atoms with Crippen LogP contribution in [0.25, 0.3) is 0 Å². The van der Waals surface area contributed by atoms with Gasteiger partial charge in [0.25, 0.3) is 0 Å². The van der Waals surface area contributed by atoms with E-state index in [1.165, 1.54) is 11.0 Å². The van der Waals surface area contributed by atoms with Crippen LogP contribution in [0.2, 0.25) is 0 Å². The number of ether oxygens (including phenoxy) is 1. The summed E-state index contributed by atoms with van der Waals surface area (Å²) >= 11 is 0. The van der Waals surface area contributed by atoms with Crippen LogP contribution in [0.5, 0.6) is 5.75 Å². The molecule has 5 nitrogen and oxygen atoms in total. The normalized spacial score (nSPS) is 19.0. The molecule has 1 aromatic rings. The second-order valence-corrected chi connectivity index (χ2v) is 7.93. The lowest BCUT2D eigenvalue weighted by Gasteiger charge is -2.18. The number of nitrogens with zero attached hydrogens (tertiary/aromatic N) is 1. The topological polar surface area (TPSA) is 63.7 Å². The highest BCUT2D eigenvalue weighted by atomic mass is 35.7. The van der Waals surface area contributed by atoms with Crippen LogP contribution in [-0.2, 0) is 13.8 Å². The molecule has 1 unspecified atom stereocenters. The van der Waals surface area contributed by atoms with Gasteiger partial charge in [-0.15, -0.1) is 0 Å². The number of benzene rings is 1. The summed E-state index contributed by atoms with van der Waals surface area (Å²) in [6.45, 7) is -1.18. The van der Waals surface area contributed by atoms with Crippen molar-refractivity contribution in [3.05, 3.63) is 23.8 Å². The van der Waals surface area contributed by atoms with Crippen LogP contribution in [-0.4, -0.2) is 33.2 Å². The van der Waals surface area contributed by atoms with Crippen molar-refractivity contribution >= 4 is 31.3 Å². The summed E-state index contributed by atoms with van der Waals surface area (Å²) in [6.07, 6.45) is 0.0465. The Hall–Kier alpha value is -1.41. The molecule has 22 heavy (non-hydrogen) atoms. The first kappa shape index (κ1) is 17.0. The Morgan fingerprint density at radius 3 is 2.73 bits per heavy atom. The van der Waals surface area contributed by atoms with E-state index >= 15 is 0 Å². The Bertz CT molecular complexity index is 681. The molecule has 1 heterocycles. The van der Waals surface area contributed by atoms with Crippen LogP contribution in [0.15, 0.2) is 18.2 Å². The quantitative estimate of drug-likeness (QED) is 0.763. The van der Waals surface area contributed by atoms with Crippen molar-refractivity contribution in [3.8, 4) is 5.75 Å². The monoisotopic (exact) mass is 353 g/mol.